The number of hydrogen-bond acceptors (Lipinski definition) is 5. The van der Waals surface area contributed by atoms with E-state index in [1.54, 1.807) is 0 Å². The summed E-state index contributed by atoms with van der Waals surface area (Å²) in [6.07, 6.45) is -3.33. The Labute approximate surface area is 118 Å². The first-order chi connectivity index (χ1) is 9.82. The molecule has 0 spiro atoms. The zero-order chi connectivity index (χ0) is 15.6. The van der Waals surface area contributed by atoms with E-state index in [0.29, 0.717) is 5.69 Å². The molecule has 1 aromatic rings. The van der Waals surface area contributed by atoms with E-state index in [-0.39, 0.29) is 19.0 Å². The second kappa shape index (κ2) is 5.84. The Balaban J connectivity index is 2.22. The summed E-state index contributed by atoms with van der Waals surface area (Å²) < 4.78 is 43.6. The second-order valence-electron chi connectivity index (χ2n) is 4.80. The van der Waals surface area contributed by atoms with Gasteiger partial charge in [0.15, 0.2) is 0 Å². The first-order valence-electron chi connectivity index (χ1n) is 6.17. The van der Waals surface area contributed by atoms with Crippen LogP contribution in [-0.2, 0) is 16.1 Å². The molecule has 0 unspecified atom stereocenters. The number of aromatic nitrogens is 2. The van der Waals surface area contributed by atoms with Gasteiger partial charge in [-0.2, -0.15) is 13.2 Å². The van der Waals surface area contributed by atoms with Crippen molar-refractivity contribution in [1.29, 1.82) is 0 Å². The highest BCUT2D eigenvalue weighted by Gasteiger charge is 2.52. The van der Waals surface area contributed by atoms with E-state index in [0.717, 1.165) is 0 Å². The normalized spacial score (nSPS) is 22.6. The number of alkyl halides is 3. The Morgan fingerprint density at radius 1 is 1.48 bits per heavy atom. The van der Waals surface area contributed by atoms with Crippen molar-refractivity contribution < 1.29 is 27.8 Å². The SMILES string of the molecule is COCc1cc(N2C[C@@H](C(F)(F)F)[C@H](C(=O)O)C2)ncn1. The van der Waals surface area contributed by atoms with Gasteiger partial charge in [0.1, 0.15) is 12.1 Å². The van der Waals surface area contributed by atoms with Crippen LogP contribution < -0.4 is 4.90 Å². The molecular weight excluding hydrogens is 291 g/mol. The molecule has 2 atom stereocenters. The minimum absolute atomic E-state index is 0.203. The van der Waals surface area contributed by atoms with Crippen LogP contribution in [0.25, 0.3) is 0 Å². The first-order valence-corrected chi connectivity index (χ1v) is 6.17. The number of hydrogen-bond donors (Lipinski definition) is 1. The van der Waals surface area contributed by atoms with E-state index in [1.165, 1.54) is 24.4 Å². The van der Waals surface area contributed by atoms with E-state index in [2.05, 4.69) is 9.97 Å². The summed E-state index contributed by atoms with van der Waals surface area (Å²) in [6.45, 7) is -0.457. The molecule has 0 saturated carbocycles. The summed E-state index contributed by atoms with van der Waals surface area (Å²) >= 11 is 0. The molecule has 2 rings (SSSR count). The molecule has 0 amide bonds. The standard InChI is InChI=1S/C12H14F3N3O3/c1-21-5-7-2-10(17-6-16-7)18-3-8(11(19)20)9(4-18)12(13,14)15/h2,6,8-9H,3-5H2,1H3,(H,19,20)/t8-,9-/m1/s1. The fourth-order valence-corrected chi connectivity index (χ4v) is 2.36. The first kappa shape index (κ1) is 15.5. The molecule has 0 radical (unpaired) electrons. The van der Waals surface area contributed by atoms with Crippen molar-refractivity contribution in [1.82, 2.24) is 9.97 Å². The van der Waals surface area contributed by atoms with Crippen LogP contribution in [0.5, 0.6) is 0 Å². The zero-order valence-electron chi connectivity index (χ0n) is 11.2. The molecule has 6 nitrogen and oxygen atoms in total. The third kappa shape index (κ3) is 3.41. The fraction of sp³-hybridized carbons (Fsp3) is 0.583. The number of rotatable bonds is 4. The number of methoxy groups -OCH3 is 1. The monoisotopic (exact) mass is 305 g/mol. The summed E-state index contributed by atoms with van der Waals surface area (Å²) in [5.41, 5.74) is 0.518. The zero-order valence-corrected chi connectivity index (χ0v) is 11.2. The van der Waals surface area contributed by atoms with Crippen LogP contribution in [0.2, 0.25) is 0 Å². The molecule has 21 heavy (non-hydrogen) atoms. The largest absolute Gasteiger partial charge is 0.481 e. The van der Waals surface area contributed by atoms with Crippen LogP contribution in [0.1, 0.15) is 5.69 Å². The van der Waals surface area contributed by atoms with E-state index in [9.17, 15) is 18.0 Å². The van der Waals surface area contributed by atoms with Gasteiger partial charge in [-0.05, 0) is 0 Å². The molecule has 0 aliphatic carbocycles. The van der Waals surface area contributed by atoms with Crippen LogP contribution in [-0.4, -0.2) is 47.4 Å². The molecule has 0 bridgehead atoms. The predicted octanol–water partition coefficient (Wildman–Crippen LogP) is 1.32. The maximum absolute atomic E-state index is 12.9. The highest BCUT2D eigenvalue weighted by Crippen LogP contribution is 2.38. The molecule has 1 aromatic heterocycles. The van der Waals surface area contributed by atoms with Crippen LogP contribution in [0.3, 0.4) is 0 Å². The average Bonchev–Trinajstić information content (AvgIpc) is 2.84. The van der Waals surface area contributed by atoms with Crippen molar-refractivity contribution >= 4 is 11.8 Å². The summed E-state index contributed by atoms with van der Waals surface area (Å²) in [7, 11) is 1.47. The molecule has 116 valence electrons. The van der Waals surface area contributed by atoms with Gasteiger partial charge in [-0.15, -0.1) is 0 Å². The Hall–Kier alpha value is -1.90. The van der Waals surface area contributed by atoms with Gasteiger partial charge in [-0.25, -0.2) is 9.97 Å². The Bertz CT molecular complexity index is 524. The van der Waals surface area contributed by atoms with Gasteiger partial charge in [0.05, 0.1) is 24.1 Å². The molecule has 2 heterocycles. The lowest BCUT2D eigenvalue weighted by molar-refractivity contribution is -0.187. The third-order valence-corrected chi connectivity index (χ3v) is 3.38. The van der Waals surface area contributed by atoms with E-state index in [1.807, 2.05) is 0 Å². The Morgan fingerprint density at radius 3 is 2.71 bits per heavy atom. The van der Waals surface area contributed by atoms with Crippen LogP contribution in [0.4, 0.5) is 19.0 Å². The molecule has 1 N–H and O–H groups in total. The molecule has 1 aliphatic rings. The number of aliphatic carboxylic acids is 1. The van der Waals surface area contributed by atoms with Crippen molar-refractivity contribution in [2.24, 2.45) is 11.8 Å². The van der Waals surface area contributed by atoms with Gasteiger partial charge in [-0.1, -0.05) is 0 Å². The minimum atomic E-state index is -4.56. The third-order valence-electron chi connectivity index (χ3n) is 3.38. The summed E-state index contributed by atoms with van der Waals surface area (Å²) in [6, 6.07) is 1.50. The quantitative estimate of drug-likeness (QED) is 0.904. The molecule has 1 fully saturated rings. The highest BCUT2D eigenvalue weighted by atomic mass is 19.4. The summed E-state index contributed by atoms with van der Waals surface area (Å²) in [4.78, 5) is 20.2. The molecule has 9 heteroatoms. The Kier molecular flexibility index (Phi) is 4.31. The number of carbonyl (C=O) groups is 1. The number of carboxylic acids is 1. The lowest BCUT2D eigenvalue weighted by Gasteiger charge is -2.19. The molecule has 1 aliphatic heterocycles. The summed E-state index contributed by atoms with van der Waals surface area (Å²) in [5, 5.41) is 8.97. The predicted molar refractivity (Wildman–Crippen MR) is 65.6 cm³/mol. The number of anilines is 1. The lowest BCUT2D eigenvalue weighted by Crippen LogP contribution is -2.33. The van der Waals surface area contributed by atoms with E-state index < -0.39 is 30.5 Å². The minimum Gasteiger partial charge on any atom is -0.481 e. The molecule has 0 aromatic carbocycles. The van der Waals surface area contributed by atoms with Crippen LogP contribution >= 0.6 is 0 Å². The van der Waals surface area contributed by atoms with E-state index in [4.69, 9.17) is 9.84 Å². The summed E-state index contributed by atoms with van der Waals surface area (Å²) in [5.74, 6) is -4.58. The Morgan fingerprint density at radius 2 is 2.19 bits per heavy atom. The van der Waals surface area contributed by atoms with Crippen molar-refractivity contribution in [3.05, 3.63) is 18.1 Å². The maximum Gasteiger partial charge on any atom is 0.394 e. The fourth-order valence-electron chi connectivity index (χ4n) is 2.36. The molecular formula is C12H14F3N3O3. The maximum atomic E-state index is 12.9. The number of halogens is 3. The van der Waals surface area contributed by atoms with Crippen LogP contribution in [0, 0.1) is 11.8 Å². The van der Waals surface area contributed by atoms with Gasteiger partial charge in [-0.3, -0.25) is 4.79 Å². The van der Waals surface area contributed by atoms with Gasteiger partial charge in [0.2, 0.25) is 0 Å². The van der Waals surface area contributed by atoms with Gasteiger partial charge < -0.3 is 14.7 Å². The van der Waals surface area contributed by atoms with E-state index >= 15 is 0 Å². The number of nitrogens with zero attached hydrogens (tertiary/aromatic N) is 3. The van der Waals surface area contributed by atoms with Crippen LogP contribution in [0.15, 0.2) is 12.4 Å². The van der Waals surface area contributed by atoms with Crippen molar-refractivity contribution in [2.75, 3.05) is 25.1 Å². The van der Waals surface area contributed by atoms with Gasteiger partial charge >= 0.3 is 12.1 Å². The highest BCUT2D eigenvalue weighted by molar-refractivity contribution is 5.72. The number of ether oxygens (including phenoxy) is 1. The lowest BCUT2D eigenvalue weighted by atomic mass is 9.96. The second-order valence-corrected chi connectivity index (χ2v) is 4.80. The van der Waals surface area contributed by atoms with Crippen molar-refractivity contribution in [2.45, 2.75) is 12.8 Å². The van der Waals surface area contributed by atoms with Gasteiger partial charge in [0, 0.05) is 26.3 Å². The number of carboxylic acid groups (broad SMARTS) is 1. The average molecular weight is 305 g/mol. The smallest absolute Gasteiger partial charge is 0.394 e. The van der Waals surface area contributed by atoms with Crippen molar-refractivity contribution in [3.63, 3.8) is 0 Å². The van der Waals surface area contributed by atoms with Crippen molar-refractivity contribution in [3.8, 4) is 0 Å². The topological polar surface area (TPSA) is 75.5 Å². The molecule has 1 saturated heterocycles. The van der Waals surface area contributed by atoms with Gasteiger partial charge in [0.25, 0.3) is 0 Å².